The van der Waals surface area contributed by atoms with E-state index in [2.05, 4.69) is 20.7 Å². The van der Waals surface area contributed by atoms with Crippen molar-refractivity contribution in [2.75, 3.05) is 18.4 Å². The average Bonchev–Trinajstić information content (AvgIpc) is 3.18. The molecule has 0 spiro atoms. The van der Waals surface area contributed by atoms with Crippen LogP contribution in [-0.4, -0.2) is 38.7 Å². The lowest BCUT2D eigenvalue weighted by atomic mass is 9.97. The minimum Gasteiger partial charge on any atom is -0.317 e. The van der Waals surface area contributed by atoms with Crippen LogP contribution in [0.5, 0.6) is 0 Å². The zero-order chi connectivity index (χ0) is 18.7. The molecule has 2 aromatic rings. The number of nitrogens with zero attached hydrogens (tertiary/aromatic N) is 4. The van der Waals surface area contributed by atoms with E-state index in [1.54, 1.807) is 13.8 Å². The minimum atomic E-state index is -0.438. The van der Waals surface area contributed by atoms with Gasteiger partial charge in [0.25, 0.3) is 0 Å². The predicted octanol–water partition coefficient (Wildman–Crippen LogP) is 2.36. The zero-order valence-corrected chi connectivity index (χ0v) is 15.6. The third-order valence-electron chi connectivity index (χ3n) is 4.59. The van der Waals surface area contributed by atoms with Crippen molar-refractivity contribution in [2.45, 2.75) is 45.6 Å². The number of hydrogen-bond donors (Lipinski definition) is 2. The first kappa shape index (κ1) is 18.5. The second-order valence-corrected chi connectivity index (χ2v) is 7.45. The van der Waals surface area contributed by atoms with Gasteiger partial charge in [0.05, 0.1) is 11.5 Å². The number of piperidine rings is 1. The number of carbonyl (C=O) groups is 1. The monoisotopic (exact) mass is 378 g/mol. The second kappa shape index (κ2) is 7.92. The average molecular weight is 378 g/mol. The van der Waals surface area contributed by atoms with Crippen LogP contribution in [0.3, 0.4) is 0 Å². The Morgan fingerprint density at radius 3 is 2.85 bits per heavy atom. The number of rotatable bonds is 6. The highest BCUT2D eigenvalue weighted by atomic mass is 32.1. The molecule has 0 radical (unpaired) electrons. The van der Waals surface area contributed by atoms with Crippen LogP contribution in [0.1, 0.15) is 41.4 Å². The highest BCUT2D eigenvalue weighted by Gasteiger charge is 2.22. The third kappa shape index (κ3) is 4.07. The van der Waals surface area contributed by atoms with Crippen LogP contribution in [-0.2, 0) is 11.3 Å². The lowest BCUT2D eigenvalue weighted by Gasteiger charge is -2.20. The van der Waals surface area contributed by atoms with Crippen molar-refractivity contribution in [3.63, 3.8) is 0 Å². The summed E-state index contributed by atoms with van der Waals surface area (Å²) in [4.78, 5) is 28.3. The maximum Gasteiger partial charge on any atom is 0.312 e. The van der Waals surface area contributed by atoms with Crippen LogP contribution in [0.4, 0.5) is 10.8 Å². The number of hydrogen-bond acceptors (Lipinski definition) is 7. The number of amides is 1. The van der Waals surface area contributed by atoms with E-state index in [0.717, 1.165) is 25.9 Å². The van der Waals surface area contributed by atoms with E-state index in [-0.39, 0.29) is 18.0 Å². The van der Waals surface area contributed by atoms with Crippen LogP contribution in [0.15, 0.2) is 6.20 Å². The van der Waals surface area contributed by atoms with Gasteiger partial charge in [-0.25, -0.2) is 4.98 Å². The van der Waals surface area contributed by atoms with Crippen LogP contribution in [0.2, 0.25) is 0 Å². The van der Waals surface area contributed by atoms with Gasteiger partial charge in [-0.3, -0.25) is 19.6 Å². The van der Waals surface area contributed by atoms with Crippen molar-refractivity contribution in [3.8, 4) is 0 Å². The van der Waals surface area contributed by atoms with Gasteiger partial charge in [-0.05, 0) is 45.7 Å². The van der Waals surface area contributed by atoms with Gasteiger partial charge in [-0.15, -0.1) is 11.3 Å². The lowest BCUT2D eigenvalue weighted by Crippen LogP contribution is -2.26. The van der Waals surface area contributed by atoms with Crippen molar-refractivity contribution >= 4 is 28.1 Å². The Kier molecular flexibility index (Phi) is 5.62. The second-order valence-electron chi connectivity index (χ2n) is 6.39. The molecule has 0 bridgehead atoms. The van der Waals surface area contributed by atoms with E-state index < -0.39 is 4.92 Å². The van der Waals surface area contributed by atoms with E-state index in [4.69, 9.17) is 0 Å². The molecule has 1 saturated heterocycles. The van der Waals surface area contributed by atoms with Crippen LogP contribution in [0, 0.1) is 24.0 Å². The zero-order valence-electron chi connectivity index (χ0n) is 14.8. The van der Waals surface area contributed by atoms with E-state index in [1.807, 2.05) is 6.20 Å². The van der Waals surface area contributed by atoms with Gasteiger partial charge in [-0.1, -0.05) is 0 Å². The quantitative estimate of drug-likeness (QED) is 0.589. The van der Waals surface area contributed by atoms with Gasteiger partial charge in [0.2, 0.25) is 5.91 Å². The first-order valence-electron chi connectivity index (χ1n) is 8.60. The van der Waals surface area contributed by atoms with Crippen molar-refractivity contribution in [2.24, 2.45) is 0 Å². The Morgan fingerprint density at radius 2 is 2.19 bits per heavy atom. The van der Waals surface area contributed by atoms with Gasteiger partial charge >= 0.3 is 5.69 Å². The highest BCUT2D eigenvalue weighted by Crippen LogP contribution is 2.31. The fourth-order valence-corrected chi connectivity index (χ4v) is 4.20. The molecule has 3 heterocycles. The van der Waals surface area contributed by atoms with E-state index in [0.29, 0.717) is 29.0 Å². The summed E-state index contributed by atoms with van der Waals surface area (Å²) in [5.74, 6) is 0.334. The van der Waals surface area contributed by atoms with Gasteiger partial charge in [-0.2, -0.15) is 5.10 Å². The molecule has 2 N–H and O–H groups in total. The minimum absolute atomic E-state index is 0.0111. The number of thiazole rings is 1. The fourth-order valence-electron chi connectivity index (χ4n) is 3.20. The molecule has 140 valence electrons. The maximum absolute atomic E-state index is 12.2. The summed E-state index contributed by atoms with van der Waals surface area (Å²) >= 11 is 1.52. The molecule has 0 atom stereocenters. The third-order valence-corrected chi connectivity index (χ3v) is 5.66. The lowest BCUT2D eigenvalue weighted by molar-refractivity contribution is -0.386. The topological polar surface area (TPSA) is 115 Å². The molecule has 26 heavy (non-hydrogen) atoms. The Morgan fingerprint density at radius 1 is 1.46 bits per heavy atom. The molecule has 0 unspecified atom stereocenters. The summed E-state index contributed by atoms with van der Waals surface area (Å²) in [6.45, 7) is 5.55. The summed E-state index contributed by atoms with van der Waals surface area (Å²) < 4.78 is 1.51. The molecule has 0 aliphatic carbocycles. The number of aryl methyl sites for hydroxylation is 2. The predicted molar refractivity (Wildman–Crippen MR) is 98.6 cm³/mol. The summed E-state index contributed by atoms with van der Waals surface area (Å²) in [5.41, 5.74) is 0.833. The van der Waals surface area contributed by atoms with Crippen molar-refractivity contribution in [3.05, 3.63) is 32.6 Å². The summed E-state index contributed by atoms with van der Waals surface area (Å²) in [6.07, 6.45) is 4.21. The van der Waals surface area contributed by atoms with Crippen molar-refractivity contribution in [1.29, 1.82) is 0 Å². The Hall–Kier alpha value is -2.33. The number of nitro groups is 1. The van der Waals surface area contributed by atoms with Crippen molar-refractivity contribution < 1.29 is 9.72 Å². The molecule has 0 saturated carbocycles. The molecule has 2 aromatic heterocycles. The maximum atomic E-state index is 12.2. The number of anilines is 1. The van der Waals surface area contributed by atoms with Crippen LogP contribution in [0.25, 0.3) is 0 Å². The highest BCUT2D eigenvalue weighted by molar-refractivity contribution is 7.15. The van der Waals surface area contributed by atoms with Crippen LogP contribution < -0.4 is 10.6 Å². The Balaban J connectivity index is 1.56. The molecule has 1 amide bonds. The summed E-state index contributed by atoms with van der Waals surface area (Å²) in [5, 5.41) is 21.9. The first-order chi connectivity index (χ1) is 12.5. The molecule has 1 aliphatic rings. The van der Waals surface area contributed by atoms with Gasteiger partial charge < -0.3 is 10.6 Å². The molecule has 10 heteroatoms. The standard InChI is InChI=1S/C16H22N6O3S/c1-10-15(22(24)25)11(2)21(20-10)8-5-14(23)19-16-18-9-13(26-16)12-3-6-17-7-4-12/h9,12,17H,3-8H2,1-2H3,(H,18,19,23). The van der Waals surface area contributed by atoms with E-state index >= 15 is 0 Å². The molecule has 1 aliphatic heterocycles. The number of nitrogens with one attached hydrogen (secondary N) is 2. The SMILES string of the molecule is Cc1nn(CCC(=O)Nc2ncc(C3CCNCC3)s2)c(C)c1[N+](=O)[O-]. The Bertz CT molecular complexity index is 809. The van der Waals surface area contributed by atoms with E-state index in [9.17, 15) is 14.9 Å². The van der Waals surface area contributed by atoms with Crippen molar-refractivity contribution in [1.82, 2.24) is 20.1 Å². The van der Waals surface area contributed by atoms with Gasteiger partial charge in [0.1, 0.15) is 11.4 Å². The molecular formula is C16H22N6O3S. The normalized spacial score (nSPS) is 15.2. The Labute approximate surface area is 155 Å². The molecule has 3 rings (SSSR count). The smallest absolute Gasteiger partial charge is 0.312 e. The molecule has 9 nitrogen and oxygen atoms in total. The number of aromatic nitrogens is 3. The summed E-state index contributed by atoms with van der Waals surface area (Å²) in [7, 11) is 0. The van der Waals surface area contributed by atoms with Gasteiger partial charge in [0, 0.05) is 17.5 Å². The number of carbonyl (C=O) groups excluding carboxylic acids is 1. The largest absolute Gasteiger partial charge is 0.317 e. The molecule has 1 fully saturated rings. The summed E-state index contributed by atoms with van der Waals surface area (Å²) in [6, 6.07) is 0. The fraction of sp³-hybridized carbons (Fsp3) is 0.562. The molecule has 0 aromatic carbocycles. The van der Waals surface area contributed by atoms with Gasteiger partial charge in [0.15, 0.2) is 5.13 Å². The van der Waals surface area contributed by atoms with Crippen LogP contribution >= 0.6 is 11.3 Å². The molecular weight excluding hydrogens is 356 g/mol. The first-order valence-corrected chi connectivity index (χ1v) is 9.42. The van der Waals surface area contributed by atoms with E-state index in [1.165, 1.54) is 20.9 Å².